The highest BCUT2D eigenvalue weighted by molar-refractivity contribution is 9.11. The van der Waals surface area contributed by atoms with E-state index in [1.165, 1.54) is 27.7 Å². The van der Waals surface area contributed by atoms with E-state index in [-0.39, 0.29) is 41.9 Å². The van der Waals surface area contributed by atoms with E-state index in [4.69, 9.17) is 0 Å². The second kappa shape index (κ2) is 7.47. The fourth-order valence-corrected chi connectivity index (χ4v) is 6.66. The predicted octanol–water partition coefficient (Wildman–Crippen LogP) is 2.74. The molecular formula is C17H14BrFN4O3S2. The zero-order chi connectivity index (χ0) is 19.9. The average molecular weight is 485 g/mol. The lowest BCUT2D eigenvalue weighted by Crippen LogP contribution is -2.50. The molecule has 1 aliphatic heterocycles. The number of amides is 1. The van der Waals surface area contributed by atoms with Crippen molar-refractivity contribution in [2.75, 3.05) is 26.2 Å². The van der Waals surface area contributed by atoms with Crippen molar-refractivity contribution in [3.8, 4) is 0 Å². The van der Waals surface area contributed by atoms with Crippen LogP contribution < -0.4 is 0 Å². The Hall–Kier alpha value is -1.95. The Morgan fingerprint density at radius 1 is 1.11 bits per heavy atom. The molecule has 1 aromatic carbocycles. The fourth-order valence-electron chi connectivity index (χ4n) is 3.07. The Morgan fingerprint density at radius 2 is 1.82 bits per heavy atom. The van der Waals surface area contributed by atoms with Crippen molar-refractivity contribution in [3.05, 3.63) is 51.8 Å². The lowest BCUT2D eigenvalue weighted by molar-refractivity contribution is 0.0699. The number of sulfonamides is 1. The molecule has 0 unspecified atom stereocenters. The summed E-state index contributed by atoms with van der Waals surface area (Å²) in [7, 11) is -3.59. The van der Waals surface area contributed by atoms with Gasteiger partial charge in [0.25, 0.3) is 15.9 Å². The summed E-state index contributed by atoms with van der Waals surface area (Å²) in [6, 6.07) is 5.61. The van der Waals surface area contributed by atoms with Gasteiger partial charge in [-0.3, -0.25) is 14.8 Å². The summed E-state index contributed by atoms with van der Waals surface area (Å²) in [4.78, 5) is 22.6. The van der Waals surface area contributed by atoms with E-state index in [0.29, 0.717) is 11.0 Å². The van der Waals surface area contributed by atoms with Crippen LogP contribution in [-0.4, -0.2) is 59.7 Å². The van der Waals surface area contributed by atoms with Gasteiger partial charge in [-0.1, -0.05) is 0 Å². The highest BCUT2D eigenvalue weighted by atomic mass is 79.9. The molecule has 0 saturated carbocycles. The Kier molecular flexibility index (Phi) is 5.17. The third kappa shape index (κ3) is 3.54. The van der Waals surface area contributed by atoms with Crippen molar-refractivity contribution in [1.82, 2.24) is 19.2 Å². The van der Waals surface area contributed by atoms with E-state index in [1.54, 1.807) is 12.1 Å². The van der Waals surface area contributed by atoms with E-state index < -0.39 is 15.8 Å². The molecule has 11 heteroatoms. The Labute approximate surface area is 173 Å². The van der Waals surface area contributed by atoms with Gasteiger partial charge < -0.3 is 4.90 Å². The molecule has 28 heavy (non-hydrogen) atoms. The summed E-state index contributed by atoms with van der Waals surface area (Å²) in [6.07, 6.45) is 2.88. The second-order valence-electron chi connectivity index (χ2n) is 6.13. The molecule has 3 aromatic rings. The lowest BCUT2D eigenvalue weighted by Gasteiger charge is -2.33. The molecule has 0 N–H and O–H groups in total. The average Bonchev–Trinajstić information content (AvgIpc) is 3.14. The Morgan fingerprint density at radius 3 is 2.50 bits per heavy atom. The zero-order valence-electron chi connectivity index (χ0n) is 14.4. The SMILES string of the molecule is O=C(c1cc(F)cc2nccnc12)N1CCN(S(=O)(=O)c2ccc(Br)s2)CC1. The molecule has 3 heterocycles. The normalized spacial score (nSPS) is 15.9. The van der Waals surface area contributed by atoms with Gasteiger partial charge in [-0.15, -0.1) is 11.3 Å². The number of halogens is 2. The standard InChI is InChI=1S/C17H14BrFN4O3S2/c18-14-1-2-15(27-14)28(25,26)23-7-5-22(6-8-23)17(24)12-9-11(19)10-13-16(12)21-4-3-20-13/h1-4,9-10H,5-8H2. The molecule has 1 fully saturated rings. The maximum absolute atomic E-state index is 13.9. The van der Waals surface area contributed by atoms with E-state index in [0.717, 1.165) is 21.2 Å². The molecule has 146 valence electrons. The summed E-state index contributed by atoms with van der Waals surface area (Å²) < 4.78 is 41.7. The van der Waals surface area contributed by atoms with Gasteiger partial charge in [0.05, 0.1) is 14.9 Å². The van der Waals surface area contributed by atoms with Crippen molar-refractivity contribution in [1.29, 1.82) is 0 Å². The van der Waals surface area contributed by atoms with Crippen LogP contribution in [0.25, 0.3) is 11.0 Å². The molecule has 0 bridgehead atoms. The molecule has 0 aliphatic carbocycles. The third-order valence-electron chi connectivity index (χ3n) is 4.44. The van der Waals surface area contributed by atoms with E-state index in [1.807, 2.05) is 0 Å². The summed E-state index contributed by atoms with van der Waals surface area (Å²) in [6.45, 7) is 0.761. The van der Waals surface area contributed by atoms with Crippen LogP contribution in [0.3, 0.4) is 0 Å². The molecule has 7 nitrogen and oxygen atoms in total. The first-order valence-electron chi connectivity index (χ1n) is 8.31. The first-order valence-corrected chi connectivity index (χ1v) is 11.4. The first kappa shape index (κ1) is 19.4. The van der Waals surface area contributed by atoms with Crippen LogP contribution in [0.2, 0.25) is 0 Å². The molecule has 4 rings (SSSR count). The maximum atomic E-state index is 13.9. The summed E-state index contributed by atoms with van der Waals surface area (Å²) in [5.41, 5.74) is 0.754. The number of carbonyl (C=O) groups is 1. The number of rotatable bonds is 3. The number of benzene rings is 1. The molecule has 1 amide bonds. The van der Waals surface area contributed by atoms with Gasteiger partial charge in [-0.25, -0.2) is 12.8 Å². The van der Waals surface area contributed by atoms with E-state index in [2.05, 4.69) is 25.9 Å². The smallest absolute Gasteiger partial charge is 0.256 e. The van der Waals surface area contributed by atoms with Crippen molar-refractivity contribution in [2.24, 2.45) is 0 Å². The highest BCUT2D eigenvalue weighted by Gasteiger charge is 2.32. The highest BCUT2D eigenvalue weighted by Crippen LogP contribution is 2.29. The topological polar surface area (TPSA) is 83.5 Å². The van der Waals surface area contributed by atoms with Crippen LogP contribution in [0.4, 0.5) is 4.39 Å². The number of thiophene rings is 1. The molecule has 2 aromatic heterocycles. The Bertz CT molecular complexity index is 1160. The number of piperazine rings is 1. The lowest BCUT2D eigenvalue weighted by atomic mass is 10.1. The van der Waals surface area contributed by atoms with Gasteiger partial charge in [0, 0.05) is 44.6 Å². The second-order valence-corrected chi connectivity index (χ2v) is 10.8. The van der Waals surface area contributed by atoms with Crippen molar-refractivity contribution >= 4 is 54.2 Å². The largest absolute Gasteiger partial charge is 0.336 e. The fraction of sp³-hybridized carbons (Fsp3) is 0.235. The van der Waals surface area contributed by atoms with Crippen LogP contribution in [0.15, 0.2) is 44.7 Å². The van der Waals surface area contributed by atoms with E-state index in [9.17, 15) is 17.6 Å². The van der Waals surface area contributed by atoms with Crippen LogP contribution in [0.5, 0.6) is 0 Å². The first-order chi connectivity index (χ1) is 13.4. The van der Waals surface area contributed by atoms with Crippen LogP contribution in [-0.2, 0) is 10.0 Å². The number of fused-ring (bicyclic) bond motifs is 1. The van der Waals surface area contributed by atoms with Crippen molar-refractivity contribution in [2.45, 2.75) is 4.21 Å². The van der Waals surface area contributed by atoms with Crippen LogP contribution in [0.1, 0.15) is 10.4 Å². The third-order valence-corrected chi connectivity index (χ3v) is 8.43. The minimum Gasteiger partial charge on any atom is -0.336 e. The molecule has 0 atom stereocenters. The molecule has 1 aliphatic rings. The number of hydrogen-bond donors (Lipinski definition) is 0. The summed E-state index contributed by atoms with van der Waals surface area (Å²) in [5.74, 6) is -0.957. The quantitative estimate of drug-likeness (QED) is 0.570. The zero-order valence-corrected chi connectivity index (χ0v) is 17.6. The summed E-state index contributed by atoms with van der Waals surface area (Å²) >= 11 is 4.41. The molecular weight excluding hydrogens is 471 g/mol. The Balaban J connectivity index is 1.54. The number of nitrogens with zero attached hydrogens (tertiary/aromatic N) is 4. The minimum absolute atomic E-state index is 0.126. The van der Waals surface area contributed by atoms with E-state index >= 15 is 0 Å². The molecule has 1 saturated heterocycles. The van der Waals surface area contributed by atoms with Crippen molar-refractivity contribution in [3.63, 3.8) is 0 Å². The van der Waals surface area contributed by atoms with Gasteiger partial charge in [0.2, 0.25) is 0 Å². The number of carbonyl (C=O) groups excluding carboxylic acids is 1. The number of hydrogen-bond acceptors (Lipinski definition) is 6. The number of aromatic nitrogens is 2. The molecule has 0 radical (unpaired) electrons. The summed E-state index contributed by atoms with van der Waals surface area (Å²) in [5, 5.41) is 0. The minimum atomic E-state index is -3.59. The maximum Gasteiger partial charge on any atom is 0.256 e. The van der Waals surface area contributed by atoms with Crippen LogP contribution in [0, 0.1) is 5.82 Å². The molecule has 0 spiro atoms. The van der Waals surface area contributed by atoms with Gasteiger partial charge in [0.15, 0.2) is 0 Å². The predicted molar refractivity (Wildman–Crippen MR) is 106 cm³/mol. The van der Waals surface area contributed by atoms with Crippen LogP contribution >= 0.6 is 27.3 Å². The van der Waals surface area contributed by atoms with Gasteiger partial charge in [0.1, 0.15) is 15.5 Å². The van der Waals surface area contributed by atoms with Gasteiger partial charge >= 0.3 is 0 Å². The van der Waals surface area contributed by atoms with Gasteiger partial charge in [-0.2, -0.15) is 4.31 Å². The monoisotopic (exact) mass is 484 g/mol. The van der Waals surface area contributed by atoms with Gasteiger partial charge in [-0.05, 0) is 34.1 Å². The van der Waals surface area contributed by atoms with Crippen molar-refractivity contribution < 1.29 is 17.6 Å².